The van der Waals surface area contributed by atoms with Crippen molar-refractivity contribution >= 4 is 0 Å². The Balaban J connectivity index is 0.00000112. The molecule has 0 unspecified atom stereocenters. The van der Waals surface area contributed by atoms with Gasteiger partial charge in [0.1, 0.15) is 24.7 Å². The quantitative estimate of drug-likeness (QED) is 0.508. The first-order valence-corrected chi connectivity index (χ1v) is 4.53. The largest absolute Gasteiger partial charge is 1.00 e. The number of hydrogen-bond donors (Lipinski definition) is 1. The lowest BCUT2D eigenvalue weighted by Crippen LogP contribution is -3.00. The molecule has 4 heteroatoms. The fourth-order valence-electron chi connectivity index (χ4n) is 1.41. The second-order valence-corrected chi connectivity index (χ2v) is 3.42. The lowest BCUT2D eigenvalue weighted by atomic mass is 10.2. The predicted octanol–water partition coefficient (Wildman–Crippen LogP) is -1.93. The number of hydrogen-bond acceptors (Lipinski definition) is 1. The van der Waals surface area contributed by atoms with E-state index in [9.17, 15) is 0 Å². The van der Waals surface area contributed by atoms with Gasteiger partial charge in [0.25, 0.3) is 0 Å². The Bertz CT molecular complexity index is 422. The zero-order chi connectivity index (χ0) is 9.97. The highest BCUT2D eigenvalue weighted by Gasteiger charge is 2.01. The normalized spacial score (nSPS) is 9.67. The van der Waals surface area contributed by atoms with Gasteiger partial charge in [0, 0.05) is 0 Å². The third kappa shape index (κ3) is 3.23. The van der Waals surface area contributed by atoms with Crippen molar-refractivity contribution in [3.05, 3.63) is 48.5 Å². The van der Waals surface area contributed by atoms with E-state index in [1.54, 1.807) is 12.1 Å². The Morgan fingerprint density at radius 2 is 1.93 bits per heavy atom. The number of aryl methyl sites for hydroxylation is 1. The lowest BCUT2D eigenvalue weighted by molar-refractivity contribution is -0.671. The van der Waals surface area contributed by atoms with Crippen LogP contribution in [0.15, 0.2) is 43.0 Å². The van der Waals surface area contributed by atoms with Gasteiger partial charge in [-0.15, -0.1) is 0 Å². The topological polar surface area (TPSA) is 29.0 Å². The number of aromatic hydroxyl groups is 1. The Kier molecular flexibility index (Phi) is 4.14. The highest BCUT2D eigenvalue weighted by Crippen LogP contribution is 2.10. The zero-order valence-electron chi connectivity index (χ0n) is 8.47. The monoisotopic (exact) mass is 316 g/mol. The summed E-state index contributed by atoms with van der Waals surface area (Å²) in [6.07, 6.45) is 6.04. The molecular formula is C11H13IN2O. The van der Waals surface area contributed by atoms with Gasteiger partial charge in [-0.2, -0.15) is 0 Å². The average Bonchev–Trinajstić information content (AvgIpc) is 2.56. The van der Waals surface area contributed by atoms with E-state index in [1.165, 1.54) is 5.56 Å². The van der Waals surface area contributed by atoms with E-state index in [2.05, 4.69) is 4.57 Å². The molecule has 0 aliphatic carbocycles. The second kappa shape index (κ2) is 5.16. The molecule has 2 aromatic rings. The van der Waals surface area contributed by atoms with Crippen molar-refractivity contribution in [1.82, 2.24) is 4.57 Å². The third-order valence-corrected chi connectivity index (χ3v) is 2.13. The Labute approximate surface area is 106 Å². The van der Waals surface area contributed by atoms with Crippen LogP contribution in [0.2, 0.25) is 0 Å². The molecule has 0 aliphatic rings. The first-order chi connectivity index (χ1) is 6.74. The summed E-state index contributed by atoms with van der Waals surface area (Å²) in [5.74, 6) is 0.312. The summed E-state index contributed by atoms with van der Waals surface area (Å²) < 4.78 is 4.09. The number of nitrogens with zero attached hydrogens (tertiary/aromatic N) is 2. The maximum absolute atomic E-state index is 9.12. The highest BCUT2D eigenvalue weighted by molar-refractivity contribution is 5.25. The molecule has 0 saturated heterocycles. The van der Waals surface area contributed by atoms with Crippen LogP contribution in [0.4, 0.5) is 0 Å². The van der Waals surface area contributed by atoms with Crippen molar-refractivity contribution in [1.29, 1.82) is 0 Å². The van der Waals surface area contributed by atoms with Crippen LogP contribution in [0, 0.1) is 0 Å². The van der Waals surface area contributed by atoms with Gasteiger partial charge in [0.05, 0.1) is 7.05 Å². The van der Waals surface area contributed by atoms with Crippen molar-refractivity contribution in [3.8, 4) is 5.75 Å². The van der Waals surface area contributed by atoms with Gasteiger partial charge < -0.3 is 29.1 Å². The number of aromatic nitrogens is 2. The van der Waals surface area contributed by atoms with Crippen LogP contribution in [0.25, 0.3) is 0 Å². The van der Waals surface area contributed by atoms with E-state index in [0.29, 0.717) is 5.75 Å². The van der Waals surface area contributed by atoms with Crippen LogP contribution in [0.5, 0.6) is 5.75 Å². The Morgan fingerprint density at radius 1 is 1.27 bits per heavy atom. The number of imidazole rings is 1. The molecule has 0 bridgehead atoms. The van der Waals surface area contributed by atoms with Crippen LogP contribution >= 0.6 is 0 Å². The average molecular weight is 316 g/mol. The molecule has 1 aromatic heterocycles. The molecule has 1 heterocycles. The van der Waals surface area contributed by atoms with E-state index in [1.807, 2.05) is 42.5 Å². The molecular weight excluding hydrogens is 303 g/mol. The summed E-state index contributed by atoms with van der Waals surface area (Å²) in [5, 5.41) is 9.12. The minimum absolute atomic E-state index is 0. The fraction of sp³-hybridized carbons (Fsp3) is 0.182. The molecule has 1 N–H and O–H groups in total. The van der Waals surface area contributed by atoms with Crippen LogP contribution in [-0.4, -0.2) is 9.67 Å². The van der Waals surface area contributed by atoms with Crippen LogP contribution in [0.3, 0.4) is 0 Å². The molecule has 2 rings (SSSR count). The molecule has 0 atom stereocenters. The summed E-state index contributed by atoms with van der Waals surface area (Å²) in [6, 6.07) is 7.27. The summed E-state index contributed by atoms with van der Waals surface area (Å²) in [6.45, 7) is 0.834. The third-order valence-electron chi connectivity index (χ3n) is 2.13. The van der Waals surface area contributed by atoms with Crippen molar-refractivity contribution in [2.75, 3.05) is 0 Å². The molecule has 15 heavy (non-hydrogen) atoms. The van der Waals surface area contributed by atoms with E-state index in [4.69, 9.17) is 5.11 Å². The fourth-order valence-corrected chi connectivity index (χ4v) is 1.41. The molecule has 0 spiro atoms. The van der Waals surface area contributed by atoms with Crippen molar-refractivity contribution in [3.63, 3.8) is 0 Å². The molecule has 0 fully saturated rings. The van der Waals surface area contributed by atoms with Gasteiger partial charge in [-0.05, 0) is 17.7 Å². The van der Waals surface area contributed by atoms with Crippen molar-refractivity contribution < 1.29 is 33.7 Å². The lowest BCUT2D eigenvalue weighted by Gasteiger charge is -1.97. The number of halogens is 1. The van der Waals surface area contributed by atoms with Gasteiger partial charge in [-0.3, -0.25) is 0 Å². The Hall–Kier alpha value is -1.04. The molecule has 1 aromatic carbocycles. The van der Waals surface area contributed by atoms with E-state index >= 15 is 0 Å². The molecule has 0 amide bonds. The maximum Gasteiger partial charge on any atom is 0.243 e. The first kappa shape index (κ1) is 12.0. The molecule has 0 radical (unpaired) electrons. The summed E-state index contributed by atoms with van der Waals surface area (Å²) in [5.41, 5.74) is 1.18. The number of phenolic OH excluding ortho intramolecular Hbond substituents is 1. The predicted molar refractivity (Wildman–Crippen MR) is 52.8 cm³/mol. The zero-order valence-corrected chi connectivity index (χ0v) is 10.6. The van der Waals surface area contributed by atoms with Crippen molar-refractivity contribution in [2.24, 2.45) is 7.05 Å². The van der Waals surface area contributed by atoms with E-state index in [0.717, 1.165) is 6.54 Å². The van der Waals surface area contributed by atoms with Crippen LogP contribution < -0.4 is 28.5 Å². The van der Waals surface area contributed by atoms with Crippen molar-refractivity contribution in [2.45, 2.75) is 6.54 Å². The number of benzene rings is 1. The van der Waals surface area contributed by atoms with Crippen LogP contribution in [-0.2, 0) is 13.6 Å². The second-order valence-electron chi connectivity index (χ2n) is 3.42. The smallest absolute Gasteiger partial charge is 0.243 e. The number of rotatable bonds is 2. The molecule has 3 nitrogen and oxygen atoms in total. The molecule has 80 valence electrons. The van der Waals surface area contributed by atoms with Gasteiger partial charge in [-0.1, -0.05) is 12.1 Å². The SMILES string of the molecule is C[n+]1ccn(Cc2ccc(O)cc2)c1.[I-]. The Morgan fingerprint density at radius 3 is 2.47 bits per heavy atom. The standard InChI is InChI=1S/C11H12N2O.HI/c1-12-6-7-13(9-12)8-10-2-4-11(14)5-3-10;/h2-7,9H,8H2,1H3;1H. The minimum atomic E-state index is 0. The summed E-state index contributed by atoms with van der Waals surface area (Å²) in [4.78, 5) is 0. The first-order valence-electron chi connectivity index (χ1n) is 4.53. The van der Waals surface area contributed by atoms with E-state index < -0.39 is 0 Å². The van der Waals surface area contributed by atoms with E-state index in [-0.39, 0.29) is 24.0 Å². The summed E-state index contributed by atoms with van der Waals surface area (Å²) in [7, 11) is 1.99. The van der Waals surface area contributed by atoms with Crippen LogP contribution in [0.1, 0.15) is 5.56 Å². The minimum Gasteiger partial charge on any atom is -1.00 e. The van der Waals surface area contributed by atoms with Gasteiger partial charge in [-0.25, -0.2) is 9.13 Å². The van der Waals surface area contributed by atoms with Gasteiger partial charge in [0.2, 0.25) is 6.33 Å². The maximum atomic E-state index is 9.12. The van der Waals surface area contributed by atoms with Gasteiger partial charge in [0.15, 0.2) is 0 Å². The molecule has 0 aliphatic heterocycles. The highest BCUT2D eigenvalue weighted by atomic mass is 127. The van der Waals surface area contributed by atoms with Gasteiger partial charge >= 0.3 is 0 Å². The number of phenols is 1. The summed E-state index contributed by atoms with van der Waals surface area (Å²) >= 11 is 0. The molecule has 0 saturated carbocycles.